The molecular weight excluding hydrogens is 456 g/mol. The lowest BCUT2D eigenvalue weighted by atomic mass is 10.1. The first-order valence-corrected chi connectivity index (χ1v) is 12.8. The fraction of sp³-hybridized carbons (Fsp3) is 0.619. The molecule has 3 fully saturated rings. The number of sulfonamides is 1. The first-order chi connectivity index (χ1) is 15.4. The van der Waals surface area contributed by atoms with E-state index in [1.54, 1.807) is 4.90 Å². The number of carbonyl (C=O) groups excluding carboxylic acids is 2. The largest absolute Gasteiger partial charge is 0.378 e. The molecule has 1 aromatic rings. The van der Waals surface area contributed by atoms with E-state index in [0.717, 1.165) is 12.8 Å². The number of amides is 2. The van der Waals surface area contributed by atoms with Crippen LogP contribution in [0.15, 0.2) is 23.1 Å². The third kappa shape index (κ3) is 5.09. The van der Waals surface area contributed by atoms with Gasteiger partial charge in [-0.05, 0) is 31.0 Å². The van der Waals surface area contributed by atoms with E-state index in [2.05, 4.69) is 0 Å². The highest BCUT2D eigenvalue weighted by Crippen LogP contribution is 2.26. The number of rotatable bonds is 5. The number of benzene rings is 1. The van der Waals surface area contributed by atoms with Crippen LogP contribution in [0.1, 0.15) is 23.2 Å². The van der Waals surface area contributed by atoms with E-state index in [1.165, 1.54) is 22.5 Å². The predicted octanol–water partition coefficient (Wildman–Crippen LogP) is 0.741. The van der Waals surface area contributed by atoms with Crippen molar-refractivity contribution in [1.29, 1.82) is 0 Å². The van der Waals surface area contributed by atoms with E-state index in [0.29, 0.717) is 72.1 Å². The Kier molecular flexibility index (Phi) is 7.36. The molecule has 9 nitrogen and oxygen atoms in total. The number of ether oxygens (including phenoxy) is 1. The van der Waals surface area contributed by atoms with Crippen LogP contribution in [0.4, 0.5) is 0 Å². The summed E-state index contributed by atoms with van der Waals surface area (Å²) < 4.78 is 32.5. The SMILES string of the molecule is O=C(CN1CCN(C(=O)c2cc(S(=O)(=O)N3CCCC3)ccc2Cl)CC1)N1CCOCC1. The molecule has 3 aliphatic heterocycles. The van der Waals surface area contributed by atoms with E-state index in [9.17, 15) is 18.0 Å². The highest BCUT2D eigenvalue weighted by atomic mass is 35.5. The Labute approximate surface area is 193 Å². The number of morpholine rings is 1. The van der Waals surface area contributed by atoms with E-state index in [-0.39, 0.29) is 27.3 Å². The van der Waals surface area contributed by atoms with Crippen molar-refractivity contribution < 1.29 is 22.7 Å². The number of carbonyl (C=O) groups is 2. The normalized spacial score (nSPS) is 21.2. The summed E-state index contributed by atoms with van der Waals surface area (Å²) in [5, 5.41) is 0.236. The Morgan fingerprint density at radius 2 is 1.56 bits per heavy atom. The monoisotopic (exact) mass is 484 g/mol. The summed E-state index contributed by atoms with van der Waals surface area (Å²) in [7, 11) is -3.63. The van der Waals surface area contributed by atoms with Crippen LogP contribution in [0.2, 0.25) is 5.02 Å². The van der Waals surface area contributed by atoms with Gasteiger partial charge in [-0.25, -0.2) is 8.42 Å². The maximum Gasteiger partial charge on any atom is 0.255 e. The second kappa shape index (κ2) is 10.0. The quantitative estimate of drug-likeness (QED) is 0.612. The summed E-state index contributed by atoms with van der Waals surface area (Å²) >= 11 is 6.28. The van der Waals surface area contributed by atoms with E-state index in [1.807, 2.05) is 9.80 Å². The van der Waals surface area contributed by atoms with Crippen LogP contribution in [0.25, 0.3) is 0 Å². The highest BCUT2D eigenvalue weighted by Gasteiger charge is 2.30. The molecule has 0 radical (unpaired) electrons. The third-order valence-corrected chi connectivity index (χ3v) is 8.48. The Morgan fingerprint density at radius 3 is 2.22 bits per heavy atom. The summed E-state index contributed by atoms with van der Waals surface area (Å²) in [5.74, 6) is -0.205. The van der Waals surface area contributed by atoms with Gasteiger partial charge in [0.05, 0.1) is 35.2 Å². The zero-order chi connectivity index (χ0) is 22.7. The summed E-state index contributed by atoms with van der Waals surface area (Å²) in [5.41, 5.74) is 0.199. The van der Waals surface area contributed by atoms with Crippen LogP contribution in [0, 0.1) is 0 Å². The van der Waals surface area contributed by atoms with Gasteiger partial charge >= 0.3 is 0 Å². The molecule has 1 aromatic carbocycles. The lowest BCUT2D eigenvalue weighted by molar-refractivity contribution is -0.136. The summed E-state index contributed by atoms with van der Waals surface area (Å²) in [4.78, 5) is 31.2. The molecule has 176 valence electrons. The Hall–Kier alpha value is -1.72. The molecule has 32 heavy (non-hydrogen) atoms. The van der Waals surface area contributed by atoms with Crippen LogP contribution in [0.5, 0.6) is 0 Å². The van der Waals surface area contributed by atoms with Crippen molar-refractivity contribution in [1.82, 2.24) is 19.0 Å². The molecule has 2 amide bonds. The molecule has 3 aliphatic rings. The lowest BCUT2D eigenvalue weighted by Gasteiger charge is -2.36. The van der Waals surface area contributed by atoms with Crippen molar-refractivity contribution in [2.24, 2.45) is 0 Å². The first-order valence-electron chi connectivity index (χ1n) is 11.0. The van der Waals surface area contributed by atoms with Gasteiger partial charge in [0.15, 0.2) is 0 Å². The smallest absolute Gasteiger partial charge is 0.255 e. The summed E-state index contributed by atoms with van der Waals surface area (Å²) in [6.45, 7) is 5.76. The number of halogens is 1. The number of piperazine rings is 1. The van der Waals surface area contributed by atoms with Gasteiger partial charge in [0.1, 0.15) is 0 Å². The van der Waals surface area contributed by atoms with Gasteiger partial charge in [-0.3, -0.25) is 14.5 Å². The molecule has 0 saturated carbocycles. The van der Waals surface area contributed by atoms with Crippen LogP contribution in [-0.2, 0) is 19.6 Å². The van der Waals surface area contributed by atoms with Crippen molar-refractivity contribution in [2.45, 2.75) is 17.7 Å². The van der Waals surface area contributed by atoms with Crippen molar-refractivity contribution in [3.63, 3.8) is 0 Å². The standard InChI is InChI=1S/C21H29ClN4O5S/c22-19-4-3-17(32(29,30)26-5-1-2-6-26)15-18(19)21(28)25-9-7-23(8-10-25)16-20(27)24-11-13-31-14-12-24/h3-4,15H,1-2,5-14,16H2. The van der Waals surface area contributed by atoms with E-state index in [4.69, 9.17) is 16.3 Å². The minimum atomic E-state index is -3.63. The van der Waals surface area contributed by atoms with Gasteiger partial charge in [-0.15, -0.1) is 0 Å². The molecule has 0 aliphatic carbocycles. The minimum Gasteiger partial charge on any atom is -0.378 e. The maximum atomic E-state index is 13.1. The van der Waals surface area contributed by atoms with Crippen LogP contribution in [0.3, 0.4) is 0 Å². The van der Waals surface area contributed by atoms with Gasteiger partial charge in [0.25, 0.3) is 5.91 Å². The fourth-order valence-corrected chi connectivity index (χ4v) is 6.03. The molecule has 0 N–H and O–H groups in total. The lowest BCUT2D eigenvalue weighted by Crippen LogP contribution is -2.52. The molecule has 3 saturated heterocycles. The second-order valence-corrected chi connectivity index (χ2v) is 10.7. The van der Waals surface area contributed by atoms with Crippen LogP contribution < -0.4 is 0 Å². The van der Waals surface area contributed by atoms with Gasteiger partial charge in [0.2, 0.25) is 15.9 Å². The molecular formula is C21H29ClN4O5S. The summed E-state index contributed by atoms with van der Waals surface area (Å²) in [6, 6.07) is 4.34. The first kappa shape index (κ1) is 23.4. The molecule has 0 aromatic heterocycles. The molecule has 3 heterocycles. The molecule has 0 bridgehead atoms. The number of hydrogen-bond acceptors (Lipinski definition) is 6. The van der Waals surface area contributed by atoms with Crippen molar-refractivity contribution in [3.05, 3.63) is 28.8 Å². The Morgan fingerprint density at radius 1 is 0.906 bits per heavy atom. The second-order valence-electron chi connectivity index (χ2n) is 8.31. The number of hydrogen-bond donors (Lipinski definition) is 0. The average Bonchev–Trinajstić information content (AvgIpc) is 3.36. The highest BCUT2D eigenvalue weighted by molar-refractivity contribution is 7.89. The Bertz CT molecular complexity index is 953. The molecule has 0 unspecified atom stereocenters. The molecule has 4 rings (SSSR count). The topological polar surface area (TPSA) is 90.5 Å². The van der Waals surface area contributed by atoms with Crippen LogP contribution >= 0.6 is 11.6 Å². The van der Waals surface area contributed by atoms with Gasteiger partial charge in [-0.2, -0.15) is 4.31 Å². The minimum absolute atomic E-state index is 0.0796. The fourth-order valence-electron chi connectivity index (χ4n) is 4.29. The third-order valence-electron chi connectivity index (χ3n) is 6.25. The van der Waals surface area contributed by atoms with Crippen molar-refractivity contribution in [3.8, 4) is 0 Å². The summed E-state index contributed by atoms with van der Waals surface area (Å²) in [6.07, 6.45) is 1.69. The van der Waals surface area contributed by atoms with Gasteiger partial charge < -0.3 is 14.5 Å². The van der Waals surface area contributed by atoms with Crippen LogP contribution in [-0.4, -0.2) is 111 Å². The zero-order valence-corrected chi connectivity index (χ0v) is 19.6. The maximum absolute atomic E-state index is 13.1. The van der Waals surface area contributed by atoms with E-state index < -0.39 is 10.0 Å². The van der Waals surface area contributed by atoms with Gasteiger partial charge in [0, 0.05) is 52.4 Å². The average molecular weight is 485 g/mol. The van der Waals surface area contributed by atoms with E-state index >= 15 is 0 Å². The molecule has 11 heteroatoms. The van der Waals surface area contributed by atoms with Crippen molar-refractivity contribution >= 4 is 33.4 Å². The molecule has 0 spiro atoms. The van der Waals surface area contributed by atoms with Gasteiger partial charge in [-0.1, -0.05) is 11.6 Å². The molecule has 0 atom stereocenters. The number of nitrogens with zero attached hydrogens (tertiary/aromatic N) is 4. The zero-order valence-electron chi connectivity index (χ0n) is 18.0. The Balaban J connectivity index is 1.38. The predicted molar refractivity (Wildman–Crippen MR) is 119 cm³/mol. The van der Waals surface area contributed by atoms with Crippen molar-refractivity contribution in [2.75, 3.05) is 72.1 Å².